The molecule has 8 nitrogen and oxygen atoms in total. The first-order valence-corrected chi connectivity index (χ1v) is 13.0. The quantitative estimate of drug-likeness (QED) is 0.490. The fraction of sp³-hybridized carbons (Fsp3) is 0.417. The first kappa shape index (κ1) is 24.4. The molecule has 3 aromatic rings. The second kappa shape index (κ2) is 10.3. The highest BCUT2D eigenvalue weighted by Crippen LogP contribution is 2.40. The zero-order valence-corrected chi connectivity index (χ0v) is 21.4. The highest BCUT2D eigenvalue weighted by atomic mass is 32.2. The van der Waals surface area contributed by atoms with Crippen LogP contribution in [0.5, 0.6) is 0 Å². The van der Waals surface area contributed by atoms with Gasteiger partial charge in [0.2, 0.25) is 11.1 Å². The summed E-state index contributed by atoms with van der Waals surface area (Å²) in [5.74, 6) is 0.634. The van der Waals surface area contributed by atoms with Gasteiger partial charge in [-0.1, -0.05) is 62.9 Å². The van der Waals surface area contributed by atoms with Crippen LogP contribution in [-0.4, -0.2) is 64.0 Å². The average Bonchev–Trinajstić information content (AvgIpc) is 3.43. The Morgan fingerprint density at radius 2 is 1.91 bits per heavy atom. The van der Waals surface area contributed by atoms with Crippen molar-refractivity contribution >= 4 is 39.9 Å². The Morgan fingerprint density at radius 1 is 1.21 bits per heavy atom. The molecule has 1 aliphatic heterocycles. The maximum Gasteiger partial charge on any atom is 0.257 e. The van der Waals surface area contributed by atoms with Crippen LogP contribution in [0.1, 0.15) is 42.5 Å². The van der Waals surface area contributed by atoms with Gasteiger partial charge in [-0.25, -0.2) is 4.98 Å². The van der Waals surface area contributed by atoms with Crippen molar-refractivity contribution < 1.29 is 14.3 Å². The first-order chi connectivity index (χ1) is 16.2. The van der Waals surface area contributed by atoms with Crippen molar-refractivity contribution in [2.75, 3.05) is 37.4 Å². The van der Waals surface area contributed by atoms with Gasteiger partial charge < -0.3 is 15.0 Å². The smallest absolute Gasteiger partial charge is 0.257 e. The zero-order valence-electron chi connectivity index (χ0n) is 19.8. The normalized spacial score (nSPS) is 14.3. The third-order valence-corrected chi connectivity index (χ3v) is 7.56. The first-order valence-electron chi connectivity index (χ1n) is 11.2. The highest BCUT2D eigenvalue weighted by Gasteiger charge is 2.28. The van der Waals surface area contributed by atoms with E-state index < -0.39 is 0 Å². The van der Waals surface area contributed by atoms with Gasteiger partial charge in [0.1, 0.15) is 10.8 Å². The van der Waals surface area contributed by atoms with Gasteiger partial charge in [0.15, 0.2) is 0 Å². The van der Waals surface area contributed by atoms with E-state index in [-0.39, 0.29) is 23.0 Å². The Kier molecular flexibility index (Phi) is 7.39. The van der Waals surface area contributed by atoms with Gasteiger partial charge in [-0.3, -0.25) is 14.7 Å². The summed E-state index contributed by atoms with van der Waals surface area (Å²) in [5, 5.41) is 11.2. The van der Waals surface area contributed by atoms with Crippen molar-refractivity contribution in [2.45, 2.75) is 38.3 Å². The molecule has 1 saturated heterocycles. The van der Waals surface area contributed by atoms with Gasteiger partial charge in [0.05, 0.1) is 24.5 Å². The third-order valence-electron chi connectivity index (χ3n) is 5.46. The SMILES string of the molecule is Cc1c(-c2ccccc2)sc(NC(=O)CSc2n[nH]c(C(C)(C)C)n2)c1C(=O)N1CCOCC1. The van der Waals surface area contributed by atoms with E-state index in [9.17, 15) is 9.59 Å². The molecule has 1 fully saturated rings. The summed E-state index contributed by atoms with van der Waals surface area (Å²) >= 11 is 2.69. The molecule has 2 amide bonds. The molecule has 10 heteroatoms. The maximum atomic E-state index is 13.4. The number of ether oxygens (including phenoxy) is 1. The van der Waals surface area contributed by atoms with Crippen LogP contribution >= 0.6 is 23.1 Å². The van der Waals surface area contributed by atoms with Gasteiger partial charge in [0, 0.05) is 23.4 Å². The number of hydrogen-bond donors (Lipinski definition) is 2. The predicted molar refractivity (Wildman–Crippen MR) is 136 cm³/mol. The number of amides is 2. The minimum atomic E-state index is -0.205. The number of hydrogen-bond acceptors (Lipinski definition) is 7. The van der Waals surface area contributed by atoms with E-state index in [1.807, 2.05) is 58.0 Å². The van der Waals surface area contributed by atoms with E-state index in [4.69, 9.17) is 4.74 Å². The summed E-state index contributed by atoms with van der Waals surface area (Å²) in [5.41, 5.74) is 2.30. The molecule has 0 aliphatic carbocycles. The molecule has 0 atom stereocenters. The van der Waals surface area contributed by atoms with Crippen LogP contribution in [0.4, 0.5) is 5.00 Å². The van der Waals surface area contributed by atoms with E-state index in [1.165, 1.54) is 23.1 Å². The van der Waals surface area contributed by atoms with Crippen molar-refractivity contribution in [3.05, 3.63) is 47.3 Å². The number of benzene rings is 1. The summed E-state index contributed by atoms with van der Waals surface area (Å²) < 4.78 is 5.40. The van der Waals surface area contributed by atoms with Gasteiger partial charge in [-0.15, -0.1) is 16.4 Å². The number of aromatic nitrogens is 3. The number of H-pyrrole nitrogens is 1. The molecule has 2 N–H and O–H groups in total. The van der Waals surface area contributed by atoms with Crippen LogP contribution in [0.2, 0.25) is 0 Å². The Labute approximate surface area is 207 Å². The van der Waals surface area contributed by atoms with Crippen molar-refractivity contribution in [1.82, 2.24) is 20.1 Å². The van der Waals surface area contributed by atoms with E-state index in [2.05, 4.69) is 20.5 Å². The second-order valence-corrected chi connectivity index (χ2v) is 11.0. The summed E-state index contributed by atoms with van der Waals surface area (Å²) in [4.78, 5) is 33.5. The fourth-order valence-corrected chi connectivity index (χ4v) is 5.41. The molecule has 34 heavy (non-hydrogen) atoms. The van der Waals surface area contributed by atoms with E-state index >= 15 is 0 Å². The fourth-order valence-electron chi connectivity index (χ4n) is 3.59. The second-order valence-electron chi connectivity index (χ2n) is 9.08. The number of nitrogens with zero attached hydrogens (tertiary/aromatic N) is 3. The van der Waals surface area contributed by atoms with E-state index in [0.29, 0.717) is 42.0 Å². The number of morpholine rings is 1. The Bertz CT molecular complexity index is 1160. The topological polar surface area (TPSA) is 100 Å². The van der Waals surface area contributed by atoms with Crippen LogP contribution in [-0.2, 0) is 14.9 Å². The van der Waals surface area contributed by atoms with Crippen molar-refractivity contribution in [2.24, 2.45) is 0 Å². The Hall–Kier alpha value is -2.69. The lowest BCUT2D eigenvalue weighted by molar-refractivity contribution is -0.113. The van der Waals surface area contributed by atoms with Crippen LogP contribution in [0, 0.1) is 6.92 Å². The Balaban J connectivity index is 1.55. The molecule has 0 radical (unpaired) electrons. The molecular formula is C24H29N5O3S2. The van der Waals surface area contributed by atoms with Crippen LogP contribution in [0.3, 0.4) is 0 Å². The number of rotatable bonds is 6. The number of thioether (sulfide) groups is 1. The number of carbonyl (C=O) groups excluding carboxylic acids is 2. The molecule has 0 unspecified atom stereocenters. The molecule has 1 aromatic carbocycles. The van der Waals surface area contributed by atoms with Crippen LogP contribution in [0.25, 0.3) is 10.4 Å². The summed E-state index contributed by atoms with van der Waals surface area (Å²) in [6.07, 6.45) is 0. The molecule has 0 bridgehead atoms. The van der Waals surface area contributed by atoms with Crippen LogP contribution in [0.15, 0.2) is 35.5 Å². The predicted octanol–water partition coefficient (Wildman–Crippen LogP) is 4.34. The molecule has 1 aliphatic rings. The minimum absolute atomic E-state index is 0.0778. The lowest BCUT2D eigenvalue weighted by Crippen LogP contribution is -2.41. The van der Waals surface area contributed by atoms with Gasteiger partial charge in [-0.05, 0) is 18.1 Å². The number of thiophene rings is 1. The van der Waals surface area contributed by atoms with Crippen molar-refractivity contribution in [3.8, 4) is 10.4 Å². The average molecular weight is 500 g/mol. The van der Waals surface area contributed by atoms with Crippen molar-refractivity contribution in [1.29, 1.82) is 0 Å². The summed E-state index contributed by atoms with van der Waals surface area (Å²) in [6.45, 7) is 10.2. The monoisotopic (exact) mass is 499 g/mol. The third kappa shape index (κ3) is 5.51. The lowest BCUT2D eigenvalue weighted by atomic mass is 9.96. The molecule has 0 spiro atoms. The molecule has 2 aromatic heterocycles. The minimum Gasteiger partial charge on any atom is -0.378 e. The van der Waals surface area contributed by atoms with Gasteiger partial charge in [-0.2, -0.15) is 0 Å². The molecule has 0 saturated carbocycles. The Morgan fingerprint density at radius 3 is 2.56 bits per heavy atom. The summed E-state index contributed by atoms with van der Waals surface area (Å²) in [6, 6.07) is 9.92. The lowest BCUT2D eigenvalue weighted by Gasteiger charge is -2.27. The zero-order chi connectivity index (χ0) is 24.3. The number of aromatic amines is 1. The van der Waals surface area contributed by atoms with E-state index in [0.717, 1.165) is 21.8 Å². The standard InChI is InChI=1S/C24H29N5O3S2/c1-15-18(21(31)29-10-12-32-13-11-29)20(34-19(15)16-8-6-5-7-9-16)25-17(30)14-33-23-26-22(27-28-23)24(2,3)4/h5-9H,10-14H2,1-4H3,(H,25,30)(H,26,27,28). The van der Waals surface area contributed by atoms with Crippen LogP contribution < -0.4 is 5.32 Å². The largest absolute Gasteiger partial charge is 0.378 e. The summed E-state index contributed by atoms with van der Waals surface area (Å²) in [7, 11) is 0. The van der Waals surface area contributed by atoms with Crippen molar-refractivity contribution in [3.63, 3.8) is 0 Å². The molecule has 4 rings (SSSR count). The number of carbonyl (C=O) groups is 2. The molecule has 3 heterocycles. The number of nitrogens with one attached hydrogen (secondary N) is 2. The van der Waals surface area contributed by atoms with Gasteiger partial charge >= 0.3 is 0 Å². The number of anilines is 1. The molecular weight excluding hydrogens is 470 g/mol. The molecule has 180 valence electrons. The van der Waals surface area contributed by atoms with Gasteiger partial charge in [0.25, 0.3) is 5.91 Å². The maximum absolute atomic E-state index is 13.4. The highest BCUT2D eigenvalue weighted by molar-refractivity contribution is 7.99. The van der Waals surface area contributed by atoms with E-state index in [1.54, 1.807) is 4.90 Å².